The predicted molar refractivity (Wildman–Crippen MR) is 254 cm³/mol. The number of para-hydroxylation sites is 2. The molecule has 7 aromatic carbocycles. The molecule has 0 radical (unpaired) electrons. The molecule has 0 fully saturated rings. The van der Waals surface area contributed by atoms with Gasteiger partial charge in [-0.2, -0.15) is 0 Å². The summed E-state index contributed by atoms with van der Waals surface area (Å²) in [6.45, 7) is 2.30. The molecule has 2 N–H and O–H groups in total. The zero-order valence-electron chi connectivity index (χ0n) is 33.2. The fraction of sp³-hybridized carbons (Fsp3) is 0.109. The smallest absolute Gasteiger partial charge is 0.134 e. The summed E-state index contributed by atoms with van der Waals surface area (Å²) in [5.41, 5.74) is 20.9. The van der Waals surface area contributed by atoms with Crippen LogP contribution in [0, 0.1) is 11.8 Å². The van der Waals surface area contributed by atoms with E-state index >= 15 is 0 Å². The lowest BCUT2D eigenvalue weighted by atomic mass is 9.87. The molecule has 0 amide bonds. The first-order chi connectivity index (χ1) is 29.6. The highest BCUT2D eigenvalue weighted by atomic mass is 32.2. The first-order valence-electron chi connectivity index (χ1n) is 21.0. The molecular formula is C55H42N4S. The predicted octanol–water partition coefficient (Wildman–Crippen LogP) is 13.4. The van der Waals surface area contributed by atoms with E-state index in [2.05, 4.69) is 204 Å². The lowest BCUT2D eigenvalue weighted by Gasteiger charge is -2.30. The van der Waals surface area contributed by atoms with Crippen LogP contribution in [0.3, 0.4) is 0 Å². The number of allylic oxidation sites excluding steroid dienone is 3. The SMILES string of the molecule is CC1C=CC=CC1C(N=C(N)c1cccc2ccccc12)n1c2ccccc2c2cc3c(cc21)SC1Cc2c(c4ccccc4n2-c2ccc(-c4ccccc4)cc2)C=C31. The molecule has 3 heterocycles. The minimum atomic E-state index is -0.266. The zero-order chi connectivity index (χ0) is 39.9. The number of aliphatic imine (C=N–C) groups is 1. The molecule has 2 aromatic heterocycles. The number of benzene rings is 7. The monoisotopic (exact) mass is 790 g/mol. The number of rotatable bonds is 6. The van der Waals surface area contributed by atoms with Gasteiger partial charge in [-0.3, -0.25) is 0 Å². The van der Waals surface area contributed by atoms with Crippen LogP contribution in [0.15, 0.2) is 192 Å². The van der Waals surface area contributed by atoms with Crippen molar-refractivity contribution >= 4 is 72.7 Å². The first-order valence-corrected chi connectivity index (χ1v) is 21.9. The first kappa shape index (κ1) is 35.2. The van der Waals surface area contributed by atoms with Crippen LogP contribution < -0.4 is 5.73 Å². The number of hydrogen-bond donors (Lipinski definition) is 1. The van der Waals surface area contributed by atoms with E-state index < -0.39 is 0 Å². The van der Waals surface area contributed by atoms with Gasteiger partial charge in [-0.05, 0) is 81.4 Å². The minimum Gasteiger partial charge on any atom is -0.383 e. The Morgan fingerprint density at radius 3 is 2.20 bits per heavy atom. The second kappa shape index (κ2) is 13.9. The van der Waals surface area contributed by atoms with E-state index in [1.807, 2.05) is 11.8 Å². The second-order valence-electron chi connectivity index (χ2n) is 16.4. The Morgan fingerprint density at radius 1 is 0.667 bits per heavy atom. The van der Waals surface area contributed by atoms with E-state index in [-0.39, 0.29) is 18.0 Å². The molecule has 288 valence electrons. The maximum Gasteiger partial charge on any atom is 0.134 e. The molecular weight excluding hydrogens is 749 g/mol. The molecule has 0 saturated carbocycles. The quantitative estimate of drug-likeness (QED) is 0.135. The normalized spacial score (nSPS) is 18.9. The molecule has 0 bridgehead atoms. The second-order valence-corrected chi connectivity index (χ2v) is 17.7. The van der Waals surface area contributed by atoms with Gasteiger partial charge in [0.25, 0.3) is 0 Å². The standard InChI is InChI=1S/C55H42N4S/c1-34-14-5-7-19-39(34)55(57-54(56)43-23-13-18-37-17-6-8-20-40(37)43)59-49-25-12-10-22-42(49)45-31-47-46-30-44-41-21-9-11-24-48(41)58(50(44)32-52(46)60-53(47)33-51(45)59)38-28-26-36(27-29-38)35-15-3-2-4-16-35/h2-31,33-34,39,52,55H,32H2,1H3,(H2,56,57). The highest BCUT2D eigenvalue weighted by molar-refractivity contribution is 8.01. The molecule has 60 heavy (non-hydrogen) atoms. The summed E-state index contributed by atoms with van der Waals surface area (Å²) in [7, 11) is 0. The minimum absolute atomic E-state index is 0.105. The van der Waals surface area contributed by atoms with Gasteiger partial charge in [0.1, 0.15) is 12.0 Å². The van der Waals surface area contributed by atoms with Crippen molar-refractivity contribution in [3.63, 3.8) is 0 Å². The number of nitrogens with two attached hydrogens (primary N) is 1. The van der Waals surface area contributed by atoms with E-state index in [1.54, 1.807) is 0 Å². The van der Waals surface area contributed by atoms with Crippen LogP contribution >= 0.6 is 11.8 Å². The molecule has 4 nitrogen and oxygen atoms in total. The van der Waals surface area contributed by atoms with Crippen molar-refractivity contribution in [2.45, 2.75) is 29.7 Å². The average Bonchev–Trinajstić information content (AvgIpc) is 3.93. The van der Waals surface area contributed by atoms with Crippen LogP contribution in [0.1, 0.15) is 35.5 Å². The van der Waals surface area contributed by atoms with Gasteiger partial charge in [-0.15, -0.1) is 11.8 Å². The van der Waals surface area contributed by atoms with Gasteiger partial charge in [0.2, 0.25) is 0 Å². The summed E-state index contributed by atoms with van der Waals surface area (Å²) in [5, 5.41) is 6.38. The van der Waals surface area contributed by atoms with Crippen molar-refractivity contribution in [1.82, 2.24) is 9.13 Å². The van der Waals surface area contributed by atoms with E-state index in [9.17, 15) is 0 Å². The number of aromatic nitrogens is 2. The van der Waals surface area contributed by atoms with Crippen molar-refractivity contribution in [3.05, 3.63) is 204 Å². The number of nitrogens with zero attached hydrogens (tertiary/aromatic N) is 3. The Kier molecular flexibility index (Phi) is 8.14. The Morgan fingerprint density at radius 2 is 1.37 bits per heavy atom. The summed E-state index contributed by atoms with van der Waals surface area (Å²) in [5.74, 6) is 0.935. The third-order valence-electron chi connectivity index (χ3n) is 13.1. The Labute approximate surface area is 353 Å². The van der Waals surface area contributed by atoms with Gasteiger partial charge in [0, 0.05) is 61.2 Å². The fourth-order valence-electron chi connectivity index (χ4n) is 10.2. The van der Waals surface area contributed by atoms with Crippen LogP contribution in [0.25, 0.3) is 71.9 Å². The molecule has 1 aliphatic heterocycles. The van der Waals surface area contributed by atoms with Gasteiger partial charge < -0.3 is 14.9 Å². The molecule has 5 heteroatoms. The van der Waals surface area contributed by atoms with Crippen LogP contribution in [-0.4, -0.2) is 20.2 Å². The molecule has 0 saturated heterocycles. The third kappa shape index (κ3) is 5.49. The van der Waals surface area contributed by atoms with Crippen LogP contribution in [0.5, 0.6) is 0 Å². The maximum absolute atomic E-state index is 7.12. The number of amidine groups is 1. The van der Waals surface area contributed by atoms with Crippen molar-refractivity contribution in [2.75, 3.05) is 0 Å². The molecule has 4 unspecified atom stereocenters. The van der Waals surface area contributed by atoms with Crippen molar-refractivity contribution in [2.24, 2.45) is 22.6 Å². The Bertz CT molecular complexity index is 3300. The topological polar surface area (TPSA) is 48.2 Å². The summed E-state index contributed by atoms with van der Waals surface area (Å²) in [6.07, 6.45) is 12.1. The third-order valence-corrected chi connectivity index (χ3v) is 14.4. The largest absolute Gasteiger partial charge is 0.383 e. The van der Waals surface area contributed by atoms with Crippen molar-refractivity contribution in [1.29, 1.82) is 0 Å². The van der Waals surface area contributed by atoms with E-state index in [0.29, 0.717) is 11.1 Å². The van der Waals surface area contributed by atoms with Crippen LogP contribution in [-0.2, 0) is 6.42 Å². The zero-order valence-corrected chi connectivity index (χ0v) is 34.1. The summed E-state index contributed by atoms with van der Waals surface area (Å²) < 4.78 is 4.99. The van der Waals surface area contributed by atoms with E-state index in [4.69, 9.17) is 10.7 Å². The van der Waals surface area contributed by atoms with Gasteiger partial charge in [-0.25, -0.2) is 4.99 Å². The summed E-state index contributed by atoms with van der Waals surface area (Å²) in [6, 6.07) is 57.2. The molecule has 0 spiro atoms. The number of thioether (sulfide) groups is 1. The lowest BCUT2D eigenvalue weighted by molar-refractivity contribution is 0.351. The number of fused-ring (bicyclic) bond motifs is 10. The molecule has 12 rings (SSSR count). The summed E-state index contributed by atoms with van der Waals surface area (Å²) in [4.78, 5) is 6.87. The maximum atomic E-state index is 7.12. The van der Waals surface area contributed by atoms with Crippen molar-refractivity contribution < 1.29 is 0 Å². The summed E-state index contributed by atoms with van der Waals surface area (Å²) >= 11 is 2.01. The van der Waals surface area contributed by atoms with Gasteiger partial charge in [-0.1, -0.05) is 153 Å². The Balaban J connectivity index is 1.01. The lowest BCUT2D eigenvalue weighted by Crippen LogP contribution is -2.26. The highest BCUT2D eigenvalue weighted by Crippen LogP contribution is 2.53. The molecule has 3 aliphatic rings. The van der Waals surface area contributed by atoms with Crippen LogP contribution in [0.4, 0.5) is 0 Å². The molecule has 2 aliphatic carbocycles. The van der Waals surface area contributed by atoms with E-state index in [0.717, 1.165) is 22.8 Å². The van der Waals surface area contributed by atoms with Gasteiger partial charge in [0.05, 0.1) is 16.6 Å². The fourth-order valence-corrected chi connectivity index (χ4v) is 11.5. The van der Waals surface area contributed by atoms with Crippen LogP contribution in [0.2, 0.25) is 0 Å². The molecule has 9 aromatic rings. The number of hydrogen-bond acceptors (Lipinski definition) is 2. The Hall–Kier alpha value is -6.82. The van der Waals surface area contributed by atoms with Gasteiger partial charge in [0.15, 0.2) is 0 Å². The average molecular weight is 791 g/mol. The molecule has 4 atom stereocenters. The highest BCUT2D eigenvalue weighted by Gasteiger charge is 2.36. The van der Waals surface area contributed by atoms with Crippen molar-refractivity contribution in [3.8, 4) is 16.8 Å². The van der Waals surface area contributed by atoms with E-state index in [1.165, 1.54) is 76.8 Å². The van der Waals surface area contributed by atoms with Gasteiger partial charge >= 0.3 is 0 Å².